The molecule has 3 rings (SSSR count). The number of esters is 3. The summed E-state index contributed by atoms with van der Waals surface area (Å²) in [5.74, 6) is -2.95. The molecule has 4 atom stereocenters. The molecule has 0 bridgehead atoms. The van der Waals surface area contributed by atoms with Gasteiger partial charge in [0.05, 0.1) is 11.6 Å². The summed E-state index contributed by atoms with van der Waals surface area (Å²) in [4.78, 5) is 38.7. The fourth-order valence-corrected chi connectivity index (χ4v) is 4.55. The molecule has 1 aromatic carbocycles. The van der Waals surface area contributed by atoms with Crippen LogP contribution in [-0.2, 0) is 28.6 Å². The molecule has 0 unspecified atom stereocenters. The van der Waals surface area contributed by atoms with Crippen LogP contribution < -0.4 is 4.74 Å². The Morgan fingerprint density at radius 2 is 1.62 bits per heavy atom. The highest BCUT2D eigenvalue weighted by Crippen LogP contribution is 2.35. The maximum Gasteiger partial charge on any atom is 0.303 e. The lowest BCUT2D eigenvalue weighted by Crippen LogP contribution is -2.55. The molecule has 9 nitrogen and oxygen atoms in total. The van der Waals surface area contributed by atoms with Crippen molar-refractivity contribution < 1.29 is 37.7 Å². The second-order valence-corrected chi connectivity index (χ2v) is 8.45. The van der Waals surface area contributed by atoms with Crippen molar-refractivity contribution in [1.82, 2.24) is 4.98 Å². The number of halogens is 1. The van der Waals surface area contributed by atoms with E-state index < -0.39 is 47.6 Å². The van der Waals surface area contributed by atoms with Gasteiger partial charge in [-0.25, -0.2) is 4.98 Å². The molecule has 1 aliphatic rings. The van der Waals surface area contributed by atoms with Crippen LogP contribution in [0.3, 0.4) is 0 Å². The van der Waals surface area contributed by atoms with Crippen LogP contribution in [0, 0.1) is 17.3 Å². The highest BCUT2D eigenvalue weighted by Gasteiger charge is 2.48. The summed E-state index contributed by atoms with van der Waals surface area (Å²) in [5.41, 5.74) is 0.682. The molecule has 0 amide bonds. The molecule has 0 radical (unpaired) electrons. The normalized spacial score (nSPS) is 21.6. The first-order chi connectivity index (χ1) is 16.2. The molecule has 2 heterocycles. The van der Waals surface area contributed by atoms with Crippen molar-refractivity contribution >= 4 is 29.7 Å². The average molecular weight is 488 g/mol. The Bertz CT molecular complexity index is 1120. The minimum Gasteiger partial charge on any atom is -0.471 e. The van der Waals surface area contributed by atoms with Gasteiger partial charge >= 0.3 is 17.9 Å². The molecule has 1 aromatic heterocycles. The first-order valence-corrected chi connectivity index (χ1v) is 11.2. The lowest BCUT2D eigenvalue weighted by Gasteiger charge is -2.39. The highest BCUT2D eigenvalue weighted by atomic mass is 32.2. The summed E-state index contributed by atoms with van der Waals surface area (Å²) in [6, 6.07) is 10.1. The Morgan fingerprint density at radius 3 is 2.21 bits per heavy atom. The number of hydrogen-bond acceptors (Lipinski definition) is 10. The summed E-state index contributed by atoms with van der Waals surface area (Å²) < 4.78 is 36.3. The van der Waals surface area contributed by atoms with Gasteiger partial charge in [0, 0.05) is 38.3 Å². The van der Waals surface area contributed by atoms with Crippen LogP contribution in [0.1, 0.15) is 26.3 Å². The van der Waals surface area contributed by atoms with Crippen LogP contribution in [0.25, 0.3) is 11.1 Å². The molecule has 11 heteroatoms. The van der Waals surface area contributed by atoms with E-state index >= 15 is 0 Å². The van der Waals surface area contributed by atoms with Crippen molar-refractivity contribution in [3.05, 3.63) is 48.0 Å². The molecule has 178 valence electrons. The Kier molecular flexibility index (Phi) is 8.07. The smallest absolute Gasteiger partial charge is 0.303 e. The van der Waals surface area contributed by atoms with Gasteiger partial charge in [-0.15, -0.1) is 11.8 Å². The van der Waals surface area contributed by atoms with E-state index in [1.807, 2.05) is 6.07 Å². The number of ether oxygens (including phenoxy) is 4. The lowest BCUT2D eigenvalue weighted by atomic mass is 10.1. The first kappa shape index (κ1) is 25.0. The van der Waals surface area contributed by atoms with Crippen LogP contribution in [0.2, 0.25) is 0 Å². The second kappa shape index (κ2) is 11.0. The van der Waals surface area contributed by atoms with Gasteiger partial charge < -0.3 is 18.9 Å². The van der Waals surface area contributed by atoms with Gasteiger partial charge in [0.25, 0.3) is 5.95 Å². The molecule has 1 aliphatic heterocycles. The molecule has 0 saturated carbocycles. The highest BCUT2D eigenvalue weighted by molar-refractivity contribution is 7.99. The van der Waals surface area contributed by atoms with Crippen molar-refractivity contribution in [2.75, 3.05) is 5.75 Å². The van der Waals surface area contributed by atoms with Crippen molar-refractivity contribution in [3.63, 3.8) is 0 Å². The lowest BCUT2D eigenvalue weighted by molar-refractivity contribution is -0.186. The van der Waals surface area contributed by atoms with E-state index in [1.54, 1.807) is 24.3 Å². The van der Waals surface area contributed by atoms with Crippen molar-refractivity contribution in [2.24, 2.45) is 0 Å². The minimum absolute atomic E-state index is 0.143. The predicted molar refractivity (Wildman–Crippen MR) is 118 cm³/mol. The molecular formula is C23H21FN2O7S. The SMILES string of the molecule is CC(=O)O[C@@H]1[C@@H](OC(C)=O)[C@@H](Oc2cc(-c3ccc(C#N)cc3)cnc2F)SC[C@H]1OC(C)=O. The number of aromatic nitrogens is 1. The topological polar surface area (TPSA) is 125 Å². The van der Waals surface area contributed by atoms with Gasteiger partial charge in [0.1, 0.15) is 0 Å². The van der Waals surface area contributed by atoms with Crippen molar-refractivity contribution in [3.8, 4) is 22.9 Å². The van der Waals surface area contributed by atoms with Crippen molar-refractivity contribution in [2.45, 2.75) is 44.5 Å². The molecule has 0 aliphatic carbocycles. The number of nitrogens with zero attached hydrogens (tertiary/aromatic N) is 2. The largest absolute Gasteiger partial charge is 0.471 e. The van der Waals surface area contributed by atoms with Crippen LogP contribution in [-0.4, -0.2) is 52.4 Å². The number of benzene rings is 1. The zero-order chi connectivity index (χ0) is 24.8. The zero-order valence-corrected chi connectivity index (χ0v) is 19.3. The van der Waals surface area contributed by atoms with E-state index in [4.69, 9.17) is 24.2 Å². The standard InChI is InChI=1S/C23H21FN2O7S/c1-12(27)30-19-11-34-23(21(32-14(3)29)20(19)31-13(2)28)33-18-8-17(10-26-22(18)24)16-6-4-15(9-25)5-7-16/h4-8,10,19-21,23H,11H2,1-3H3/t19-,20+,21-,23+/m1/s1. The minimum atomic E-state index is -1.19. The third-order valence-electron chi connectivity index (χ3n) is 4.70. The molecule has 2 aromatic rings. The maximum absolute atomic E-state index is 14.6. The Labute approximate surface area is 199 Å². The Hall–Kier alpha value is -3.65. The predicted octanol–water partition coefficient (Wildman–Crippen LogP) is 3.01. The van der Waals surface area contributed by atoms with Gasteiger partial charge in [0.15, 0.2) is 29.5 Å². The average Bonchev–Trinajstić information content (AvgIpc) is 2.78. The molecular weight excluding hydrogens is 467 g/mol. The van der Waals surface area contributed by atoms with Gasteiger partial charge in [0.2, 0.25) is 0 Å². The molecule has 0 spiro atoms. The number of rotatable bonds is 6. The van der Waals surface area contributed by atoms with Gasteiger partial charge in [-0.1, -0.05) is 12.1 Å². The third kappa shape index (κ3) is 6.23. The Morgan fingerprint density at radius 1 is 1.00 bits per heavy atom. The Balaban J connectivity index is 1.91. The quantitative estimate of drug-likeness (QED) is 0.340. The third-order valence-corrected chi connectivity index (χ3v) is 5.92. The van der Waals surface area contributed by atoms with Crippen LogP contribution in [0.5, 0.6) is 5.75 Å². The summed E-state index contributed by atoms with van der Waals surface area (Å²) in [6.07, 6.45) is -1.93. The summed E-state index contributed by atoms with van der Waals surface area (Å²) in [7, 11) is 0. The fourth-order valence-electron chi connectivity index (χ4n) is 3.34. The van der Waals surface area contributed by atoms with Crippen LogP contribution in [0.4, 0.5) is 4.39 Å². The molecule has 1 saturated heterocycles. The van der Waals surface area contributed by atoms with E-state index in [0.29, 0.717) is 16.7 Å². The number of hydrogen-bond donors (Lipinski definition) is 0. The summed E-state index contributed by atoms with van der Waals surface area (Å²) >= 11 is 1.11. The second-order valence-electron chi connectivity index (χ2n) is 7.32. The number of nitriles is 1. The monoisotopic (exact) mass is 488 g/mol. The fraction of sp³-hybridized carbons (Fsp3) is 0.348. The number of thioether (sulfide) groups is 1. The molecule has 1 fully saturated rings. The number of pyridine rings is 1. The number of carbonyl (C=O) groups is 3. The van der Waals surface area contributed by atoms with E-state index in [0.717, 1.165) is 25.6 Å². The van der Waals surface area contributed by atoms with E-state index in [2.05, 4.69) is 4.98 Å². The molecule has 34 heavy (non-hydrogen) atoms. The van der Waals surface area contributed by atoms with E-state index in [-0.39, 0.29) is 11.5 Å². The summed E-state index contributed by atoms with van der Waals surface area (Å²) in [6.45, 7) is 3.53. The van der Waals surface area contributed by atoms with Gasteiger partial charge in [-0.05, 0) is 23.8 Å². The van der Waals surface area contributed by atoms with Gasteiger partial charge in [-0.2, -0.15) is 9.65 Å². The van der Waals surface area contributed by atoms with Crippen molar-refractivity contribution in [1.29, 1.82) is 5.26 Å². The van der Waals surface area contributed by atoms with Gasteiger partial charge in [-0.3, -0.25) is 14.4 Å². The summed E-state index contributed by atoms with van der Waals surface area (Å²) in [5, 5.41) is 8.96. The van der Waals surface area contributed by atoms with Crippen LogP contribution >= 0.6 is 11.8 Å². The number of carbonyl (C=O) groups excluding carboxylic acids is 3. The van der Waals surface area contributed by atoms with E-state index in [1.165, 1.54) is 19.2 Å². The zero-order valence-electron chi connectivity index (χ0n) is 18.5. The maximum atomic E-state index is 14.6. The van der Waals surface area contributed by atoms with E-state index in [9.17, 15) is 18.8 Å². The first-order valence-electron chi connectivity index (χ1n) is 10.1. The van der Waals surface area contributed by atoms with Crippen LogP contribution in [0.15, 0.2) is 36.5 Å². The molecule has 0 N–H and O–H groups in total.